The van der Waals surface area contributed by atoms with E-state index in [0.29, 0.717) is 5.92 Å². The third kappa shape index (κ3) is 2.43. The molecule has 2 N–H and O–H groups in total. The van der Waals surface area contributed by atoms with Gasteiger partial charge in [0, 0.05) is 13.0 Å². The van der Waals surface area contributed by atoms with Crippen LogP contribution in [0.25, 0.3) is 0 Å². The second-order valence-electron chi connectivity index (χ2n) is 4.79. The standard InChI is InChI=1S/C12H22N4/c1-2-6-16-12(14-9-15-16)7-10-4-3-5-11(10)8-13/h9-11H,2-8,13H2,1H3. The largest absolute Gasteiger partial charge is 0.330 e. The Labute approximate surface area is 97.2 Å². The molecule has 90 valence electrons. The van der Waals surface area contributed by atoms with Gasteiger partial charge in [0.25, 0.3) is 0 Å². The maximum atomic E-state index is 5.81. The Hall–Kier alpha value is -0.900. The lowest BCUT2D eigenvalue weighted by Gasteiger charge is -2.17. The van der Waals surface area contributed by atoms with Gasteiger partial charge in [-0.3, -0.25) is 4.68 Å². The summed E-state index contributed by atoms with van der Waals surface area (Å²) in [7, 11) is 0. The molecule has 0 amide bonds. The topological polar surface area (TPSA) is 56.7 Å². The molecular weight excluding hydrogens is 200 g/mol. The highest BCUT2D eigenvalue weighted by molar-refractivity contribution is 4.91. The van der Waals surface area contributed by atoms with Crippen LogP contribution in [0.15, 0.2) is 6.33 Å². The van der Waals surface area contributed by atoms with Gasteiger partial charge in [-0.25, -0.2) is 4.98 Å². The van der Waals surface area contributed by atoms with Crippen molar-refractivity contribution in [2.24, 2.45) is 17.6 Å². The van der Waals surface area contributed by atoms with Crippen LogP contribution in [0, 0.1) is 11.8 Å². The Kier molecular flexibility index (Phi) is 3.93. The predicted octanol–water partition coefficient (Wildman–Crippen LogP) is 1.61. The molecule has 0 radical (unpaired) electrons. The van der Waals surface area contributed by atoms with E-state index in [9.17, 15) is 0 Å². The molecule has 2 unspecified atom stereocenters. The summed E-state index contributed by atoms with van der Waals surface area (Å²) in [5.41, 5.74) is 5.81. The van der Waals surface area contributed by atoms with Crippen LogP contribution in [-0.2, 0) is 13.0 Å². The second-order valence-corrected chi connectivity index (χ2v) is 4.79. The second kappa shape index (κ2) is 5.43. The minimum Gasteiger partial charge on any atom is -0.330 e. The zero-order valence-corrected chi connectivity index (χ0v) is 10.1. The van der Waals surface area contributed by atoms with Crippen LogP contribution in [-0.4, -0.2) is 21.3 Å². The normalized spacial score (nSPS) is 25.1. The molecule has 1 aromatic rings. The summed E-state index contributed by atoms with van der Waals surface area (Å²) in [5.74, 6) is 2.57. The van der Waals surface area contributed by atoms with Crippen molar-refractivity contribution in [3.63, 3.8) is 0 Å². The van der Waals surface area contributed by atoms with Crippen molar-refractivity contribution < 1.29 is 0 Å². The molecule has 1 fully saturated rings. The van der Waals surface area contributed by atoms with E-state index in [2.05, 4.69) is 17.0 Å². The Morgan fingerprint density at radius 1 is 1.44 bits per heavy atom. The number of aromatic nitrogens is 3. The number of rotatable bonds is 5. The number of hydrogen-bond donors (Lipinski definition) is 1. The summed E-state index contributed by atoms with van der Waals surface area (Å²) in [6.07, 6.45) is 7.78. The fraction of sp³-hybridized carbons (Fsp3) is 0.833. The van der Waals surface area contributed by atoms with Crippen LogP contribution in [0.5, 0.6) is 0 Å². The molecule has 1 aliphatic carbocycles. The first-order chi connectivity index (χ1) is 7.85. The quantitative estimate of drug-likeness (QED) is 0.823. The van der Waals surface area contributed by atoms with Gasteiger partial charge in [-0.15, -0.1) is 0 Å². The van der Waals surface area contributed by atoms with Crippen molar-refractivity contribution in [2.45, 2.75) is 45.6 Å². The maximum Gasteiger partial charge on any atom is 0.138 e. The molecule has 1 heterocycles. The molecule has 0 aliphatic heterocycles. The molecule has 1 aromatic heterocycles. The van der Waals surface area contributed by atoms with Crippen LogP contribution in [0.1, 0.15) is 38.4 Å². The lowest BCUT2D eigenvalue weighted by Crippen LogP contribution is -2.21. The van der Waals surface area contributed by atoms with E-state index in [1.165, 1.54) is 19.3 Å². The lowest BCUT2D eigenvalue weighted by atomic mass is 9.93. The van der Waals surface area contributed by atoms with E-state index < -0.39 is 0 Å². The summed E-state index contributed by atoms with van der Waals surface area (Å²) < 4.78 is 2.05. The Morgan fingerprint density at radius 3 is 3.00 bits per heavy atom. The van der Waals surface area contributed by atoms with Crippen LogP contribution in [0.4, 0.5) is 0 Å². The van der Waals surface area contributed by atoms with Crippen LogP contribution >= 0.6 is 0 Å². The van der Waals surface area contributed by atoms with Gasteiger partial charge in [0.05, 0.1) is 0 Å². The zero-order valence-electron chi connectivity index (χ0n) is 10.1. The smallest absolute Gasteiger partial charge is 0.138 e. The van der Waals surface area contributed by atoms with Crippen molar-refractivity contribution in [1.29, 1.82) is 0 Å². The van der Waals surface area contributed by atoms with Crippen molar-refractivity contribution >= 4 is 0 Å². The molecule has 4 heteroatoms. The SMILES string of the molecule is CCCn1ncnc1CC1CCCC1CN. The Balaban J connectivity index is 1.99. The molecule has 0 spiro atoms. The molecule has 1 saturated carbocycles. The number of aryl methyl sites for hydroxylation is 1. The third-order valence-corrected chi connectivity index (χ3v) is 3.70. The van der Waals surface area contributed by atoms with Crippen molar-refractivity contribution in [2.75, 3.05) is 6.54 Å². The summed E-state index contributed by atoms with van der Waals surface area (Å²) in [4.78, 5) is 4.38. The van der Waals surface area contributed by atoms with Gasteiger partial charge in [0.15, 0.2) is 0 Å². The van der Waals surface area contributed by atoms with Crippen LogP contribution in [0.3, 0.4) is 0 Å². The molecule has 2 atom stereocenters. The monoisotopic (exact) mass is 222 g/mol. The summed E-state index contributed by atoms with van der Waals surface area (Å²) >= 11 is 0. The van der Waals surface area contributed by atoms with Crippen molar-refractivity contribution in [3.05, 3.63) is 12.2 Å². The highest BCUT2D eigenvalue weighted by Gasteiger charge is 2.27. The highest BCUT2D eigenvalue weighted by atomic mass is 15.3. The number of nitrogens with two attached hydrogens (primary N) is 1. The first kappa shape index (κ1) is 11.6. The molecule has 0 bridgehead atoms. The van der Waals surface area contributed by atoms with Gasteiger partial charge >= 0.3 is 0 Å². The molecule has 0 aromatic carbocycles. The van der Waals surface area contributed by atoms with Crippen LogP contribution < -0.4 is 5.73 Å². The van der Waals surface area contributed by atoms with E-state index >= 15 is 0 Å². The van der Waals surface area contributed by atoms with E-state index in [4.69, 9.17) is 5.73 Å². The summed E-state index contributed by atoms with van der Waals surface area (Å²) in [5, 5.41) is 4.27. The summed E-state index contributed by atoms with van der Waals surface area (Å²) in [6.45, 7) is 3.98. The highest BCUT2D eigenvalue weighted by Crippen LogP contribution is 2.32. The molecule has 4 nitrogen and oxygen atoms in total. The maximum absolute atomic E-state index is 5.81. The minimum absolute atomic E-state index is 0.701. The number of hydrogen-bond acceptors (Lipinski definition) is 3. The number of nitrogens with zero attached hydrogens (tertiary/aromatic N) is 3. The van der Waals surface area contributed by atoms with Crippen LogP contribution in [0.2, 0.25) is 0 Å². The van der Waals surface area contributed by atoms with E-state index in [1.807, 2.05) is 4.68 Å². The van der Waals surface area contributed by atoms with Gasteiger partial charge in [0.1, 0.15) is 12.2 Å². The fourth-order valence-corrected chi connectivity index (χ4v) is 2.77. The lowest BCUT2D eigenvalue weighted by molar-refractivity contribution is 0.378. The molecule has 2 rings (SSSR count). The minimum atomic E-state index is 0.701. The van der Waals surface area contributed by atoms with Gasteiger partial charge in [-0.1, -0.05) is 13.3 Å². The van der Waals surface area contributed by atoms with Crippen molar-refractivity contribution in [1.82, 2.24) is 14.8 Å². The third-order valence-electron chi connectivity index (χ3n) is 3.70. The van der Waals surface area contributed by atoms with Gasteiger partial charge in [-0.05, 0) is 37.6 Å². The van der Waals surface area contributed by atoms with Crippen molar-refractivity contribution in [3.8, 4) is 0 Å². The Morgan fingerprint density at radius 2 is 2.25 bits per heavy atom. The predicted molar refractivity (Wildman–Crippen MR) is 63.9 cm³/mol. The van der Waals surface area contributed by atoms with Gasteiger partial charge < -0.3 is 5.73 Å². The Bertz CT molecular complexity index is 321. The fourth-order valence-electron chi connectivity index (χ4n) is 2.77. The van der Waals surface area contributed by atoms with Gasteiger partial charge in [0.2, 0.25) is 0 Å². The van der Waals surface area contributed by atoms with Gasteiger partial charge in [-0.2, -0.15) is 5.10 Å². The van der Waals surface area contributed by atoms with E-state index in [0.717, 1.165) is 37.7 Å². The van der Waals surface area contributed by atoms with E-state index in [-0.39, 0.29) is 0 Å². The van der Waals surface area contributed by atoms with E-state index in [1.54, 1.807) is 6.33 Å². The average Bonchev–Trinajstić information content (AvgIpc) is 2.89. The first-order valence-corrected chi connectivity index (χ1v) is 6.42. The summed E-state index contributed by atoms with van der Waals surface area (Å²) in [6, 6.07) is 0. The average molecular weight is 222 g/mol. The molecule has 0 saturated heterocycles. The molecular formula is C12H22N4. The first-order valence-electron chi connectivity index (χ1n) is 6.42. The molecule has 16 heavy (non-hydrogen) atoms. The zero-order chi connectivity index (χ0) is 11.4. The molecule has 1 aliphatic rings.